The molecule has 2 aliphatic carbocycles. The molecule has 0 aromatic heterocycles. The van der Waals surface area contributed by atoms with Crippen molar-refractivity contribution in [1.29, 1.82) is 0 Å². The first-order chi connectivity index (χ1) is 9.97. The fourth-order valence-electron chi connectivity index (χ4n) is 2.98. The number of rotatable bonds is 6. The van der Waals surface area contributed by atoms with Crippen molar-refractivity contribution in [3.63, 3.8) is 0 Å². The fraction of sp³-hybridized carbons (Fsp3) is 0.875. The van der Waals surface area contributed by atoms with Gasteiger partial charge in [-0.2, -0.15) is 0 Å². The van der Waals surface area contributed by atoms with Gasteiger partial charge in [0.25, 0.3) is 0 Å². The molecule has 0 unspecified atom stereocenters. The number of amides is 2. The van der Waals surface area contributed by atoms with Gasteiger partial charge in [-0.3, -0.25) is 4.79 Å². The van der Waals surface area contributed by atoms with Gasteiger partial charge in [0.2, 0.25) is 0 Å². The van der Waals surface area contributed by atoms with Crippen molar-refractivity contribution in [3.05, 3.63) is 0 Å². The lowest BCUT2D eigenvalue weighted by Crippen LogP contribution is -2.47. The van der Waals surface area contributed by atoms with Gasteiger partial charge >= 0.3 is 12.0 Å². The summed E-state index contributed by atoms with van der Waals surface area (Å²) < 4.78 is 0. The minimum absolute atomic E-state index is 0.0527. The van der Waals surface area contributed by atoms with Crippen molar-refractivity contribution >= 4 is 12.0 Å². The van der Waals surface area contributed by atoms with Crippen molar-refractivity contribution in [3.8, 4) is 0 Å². The van der Waals surface area contributed by atoms with E-state index < -0.39 is 5.97 Å². The number of carboxylic acid groups (broad SMARTS) is 1. The van der Waals surface area contributed by atoms with Crippen molar-refractivity contribution in [1.82, 2.24) is 10.2 Å². The Balaban J connectivity index is 1.78. The minimum Gasteiger partial charge on any atom is -0.481 e. The molecule has 2 fully saturated rings. The molecule has 0 heterocycles. The number of nitrogens with zero attached hydrogens (tertiary/aromatic N) is 1. The van der Waals surface area contributed by atoms with E-state index in [1.165, 1.54) is 0 Å². The normalized spacial score (nSPS) is 25.7. The maximum atomic E-state index is 12.4. The highest BCUT2D eigenvalue weighted by atomic mass is 16.4. The molecule has 2 N–H and O–H groups in total. The number of carbonyl (C=O) groups excluding carboxylic acids is 1. The number of nitrogens with one attached hydrogen (secondary N) is 1. The van der Waals surface area contributed by atoms with Crippen LogP contribution in [0.2, 0.25) is 0 Å². The first-order valence-electron chi connectivity index (χ1n) is 8.27. The van der Waals surface area contributed by atoms with Crippen LogP contribution < -0.4 is 5.32 Å². The number of hydrogen-bond donors (Lipinski definition) is 2. The zero-order valence-electron chi connectivity index (χ0n) is 13.2. The third kappa shape index (κ3) is 4.90. The van der Waals surface area contributed by atoms with Crippen molar-refractivity contribution in [2.24, 2.45) is 11.8 Å². The van der Waals surface area contributed by atoms with Crippen LogP contribution in [-0.2, 0) is 4.79 Å². The number of carbonyl (C=O) groups is 2. The maximum Gasteiger partial charge on any atom is 0.317 e. The second-order valence-corrected chi connectivity index (χ2v) is 6.94. The van der Waals surface area contributed by atoms with E-state index in [-0.39, 0.29) is 18.0 Å². The van der Waals surface area contributed by atoms with E-state index in [1.54, 1.807) is 0 Å². The lowest BCUT2D eigenvalue weighted by Gasteiger charge is -2.30. The third-order valence-corrected chi connectivity index (χ3v) is 4.60. The fourth-order valence-corrected chi connectivity index (χ4v) is 2.98. The van der Waals surface area contributed by atoms with Gasteiger partial charge in [0.1, 0.15) is 0 Å². The summed E-state index contributed by atoms with van der Waals surface area (Å²) in [5, 5.41) is 12.1. The molecule has 2 amide bonds. The monoisotopic (exact) mass is 296 g/mol. The van der Waals surface area contributed by atoms with Crippen LogP contribution in [0.15, 0.2) is 0 Å². The van der Waals surface area contributed by atoms with Crippen LogP contribution in [-0.4, -0.2) is 40.6 Å². The summed E-state index contributed by atoms with van der Waals surface area (Å²) in [6.45, 7) is 5.19. The molecule has 0 aromatic carbocycles. The van der Waals surface area contributed by atoms with E-state index in [1.807, 2.05) is 4.90 Å². The predicted octanol–water partition coefficient (Wildman–Crippen LogP) is 2.85. The van der Waals surface area contributed by atoms with Crippen molar-refractivity contribution in [2.45, 2.75) is 70.9 Å². The lowest BCUT2D eigenvalue weighted by atomic mass is 9.86. The molecule has 2 rings (SSSR count). The van der Waals surface area contributed by atoms with Gasteiger partial charge in [-0.05, 0) is 50.9 Å². The lowest BCUT2D eigenvalue weighted by molar-refractivity contribution is -0.142. The van der Waals surface area contributed by atoms with Gasteiger partial charge in [0.15, 0.2) is 0 Å². The van der Waals surface area contributed by atoms with Crippen LogP contribution in [0.3, 0.4) is 0 Å². The molecule has 2 saturated carbocycles. The predicted molar refractivity (Wildman–Crippen MR) is 81.1 cm³/mol. The van der Waals surface area contributed by atoms with Gasteiger partial charge in [-0.15, -0.1) is 0 Å². The molecule has 5 heteroatoms. The summed E-state index contributed by atoms with van der Waals surface area (Å²) in [4.78, 5) is 25.4. The molecule has 0 spiro atoms. The summed E-state index contributed by atoms with van der Waals surface area (Å²) >= 11 is 0. The Labute approximate surface area is 127 Å². The molecular weight excluding hydrogens is 268 g/mol. The Morgan fingerprint density at radius 2 is 1.76 bits per heavy atom. The standard InChI is InChI=1S/C16H28N2O3/c1-11(2)9-10-18(14-7-8-14)16(21)17-13-5-3-12(4-6-13)15(19)20/h11-14H,3-10H2,1-2H3,(H,17,21)(H,19,20). The summed E-state index contributed by atoms with van der Waals surface area (Å²) in [5.74, 6) is -0.319. The van der Waals surface area contributed by atoms with Gasteiger partial charge in [-0.25, -0.2) is 4.79 Å². The molecule has 120 valence electrons. The van der Waals surface area contributed by atoms with Gasteiger partial charge in [0, 0.05) is 18.6 Å². The Morgan fingerprint density at radius 3 is 2.24 bits per heavy atom. The number of aliphatic carboxylic acids is 1. The van der Waals surface area contributed by atoms with Crippen LogP contribution in [0, 0.1) is 11.8 Å². The summed E-state index contributed by atoms with van der Waals surface area (Å²) in [6, 6.07) is 0.629. The van der Waals surface area contributed by atoms with E-state index in [2.05, 4.69) is 19.2 Å². The molecule has 21 heavy (non-hydrogen) atoms. The van der Waals surface area contributed by atoms with E-state index in [0.717, 1.165) is 38.6 Å². The quantitative estimate of drug-likeness (QED) is 0.792. The molecule has 2 aliphatic rings. The first kappa shape index (κ1) is 16.1. The Bertz CT molecular complexity index is 372. The molecule has 0 aromatic rings. The van der Waals surface area contributed by atoms with Gasteiger partial charge < -0.3 is 15.3 Å². The van der Waals surface area contributed by atoms with E-state index in [0.29, 0.717) is 24.8 Å². The summed E-state index contributed by atoms with van der Waals surface area (Å²) in [7, 11) is 0. The van der Waals surface area contributed by atoms with Crippen LogP contribution in [0.4, 0.5) is 4.79 Å². The Hall–Kier alpha value is -1.26. The first-order valence-corrected chi connectivity index (χ1v) is 8.27. The Kier molecular flexibility index (Phi) is 5.48. The SMILES string of the molecule is CC(C)CCN(C(=O)NC1CCC(C(=O)O)CC1)C1CC1. The topological polar surface area (TPSA) is 69.6 Å². The van der Waals surface area contributed by atoms with Crippen LogP contribution in [0.5, 0.6) is 0 Å². The largest absolute Gasteiger partial charge is 0.481 e. The van der Waals surface area contributed by atoms with Crippen LogP contribution in [0.1, 0.15) is 58.8 Å². The molecule has 0 bridgehead atoms. The number of carboxylic acids is 1. The maximum absolute atomic E-state index is 12.4. The smallest absolute Gasteiger partial charge is 0.317 e. The minimum atomic E-state index is -0.698. The van der Waals surface area contributed by atoms with Crippen molar-refractivity contribution < 1.29 is 14.7 Å². The number of hydrogen-bond acceptors (Lipinski definition) is 2. The average Bonchev–Trinajstić information content (AvgIpc) is 3.23. The molecule has 0 radical (unpaired) electrons. The molecule has 5 nitrogen and oxygen atoms in total. The number of urea groups is 1. The summed E-state index contributed by atoms with van der Waals surface area (Å²) in [5.41, 5.74) is 0. The van der Waals surface area contributed by atoms with Crippen molar-refractivity contribution in [2.75, 3.05) is 6.54 Å². The average molecular weight is 296 g/mol. The van der Waals surface area contributed by atoms with E-state index in [4.69, 9.17) is 5.11 Å². The highest BCUT2D eigenvalue weighted by molar-refractivity contribution is 5.75. The zero-order valence-corrected chi connectivity index (χ0v) is 13.2. The molecular formula is C16H28N2O3. The van der Waals surface area contributed by atoms with Crippen LogP contribution >= 0.6 is 0 Å². The highest BCUT2D eigenvalue weighted by Gasteiger charge is 2.34. The molecule has 0 aliphatic heterocycles. The van der Waals surface area contributed by atoms with Gasteiger partial charge in [-0.1, -0.05) is 13.8 Å². The van der Waals surface area contributed by atoms with Crippen LogP contribution in [0.25, 0.3) is 0 Å². The molecule has 0 atom stereocenters. The van der Waals surface area contributed by atoms with E-state index >= 15 is 0 Å². The summed E-state index contributed by atoms with van der Waals surface area (Å²) in [6.07, 6.45) is 6.20. The Morgan fingerprint density at radius 1 is 1.14 bits per heavy atom. The molecule has 0 saturated heterocycles. The highest BCUT2D eigenvalue weighted by Crippen LogP contribution is 2.29. The van der Waals surface area contributed by atoms with Gasteiger partial charge in [0.05, 0.1) is 5.92 Å². The van der Waals surface area contributed by atoms with E-state index in [9.17, 15) is 9.59 Å². The zero-order chi connectivity index (χ0) is 15.4. The second kappa shape index (κ2) is 7.14. The second-order valence-electron chi connectivity index (χ2n) is 6.94. The third-order valence-electron chi connectivity index (χ3n) is 4.60.